The molecular formula is C9H22O4. The van der Waals surface area contributed by atoms with Crippen LogP contribution < -0.4 is 0 Å². The molecule has 0 aliphatic rings. The van der Waals surface area contributed by atoms with Gasteiger partial charge in [0.05, 0.1) is 25.9 Å². The number of aliphatic hydroxyl groups excluding tert-OH is 2. The van der Waals surface area contributed by atoms with E-state index in [1.54, 1.807) is 6.92 Å². The Hall–Kier alpha value is -0.160. The van der Waals surface area contributed by atoms with Crippen LogP contribution in [0.4, 0.5) is 0 Å². The second kappa shape index (κ2) is 14.4. The van der Waals surface area contributed by atoms with Crippen molar-refractivity contribution in [2.45, 2.75) is 26.9 Å². The third-order valence-electron chi connectivity index (χ3n) is 1.00. The zero-order valence-corrected chi connectivity index (χ0v) is 8.82. The molecule has 13 heavy (non-hydrogen) atoms. The first-order valence-corrected chi connectivity index (χ1v) is 4.63. The maximum Gasteiger partial charge on any atom is 0.0745 e. The lowest BCUT2D eigenvalue weighted by Gasteiger charge is -2.00. The van der Waals surface area contributed by atoms with Crippen molar-refractivity contribution in [2.24, 2.45) is 0 Å². The van der Waals surface area contributed by atoms with Gasteiger partial charge in [-0.2, -0.15) is 0 Å². The van der Waals surface area contributed by atoms with E-state index in [1.165, 1.54) is 0 Å². The van der Waals surface area contributed by atoms with E-state index < -0.39 is 0 Å². The van der Waals surface area contributed by atoms with Crippen LogP contribution in [0, 0.1) is 0 Å². The highest BCUT2D eigenvalue weighted by Crippen LogP contribution is 1.79. The summed E-state index contributed by atoms with van der Waals surface area (Å²) in [7, 11) is 0. The van der Waals surface area contributed by atoms with Crippen molar-refractivity contribution in [3.63, 3.8) is 0 Å². The summed E-state index contributed by atoms with van der Waals surface area (Å²) >= 11 is 0. The fraction of sp³-hybridized carbons (Fsp3) is 1.00. The van der Waals surface area contributed by atoms with Crippen molar-refractivity contribution in [3.05, 3.63) is 0 Å². The average molecular weight is 194 g/mol. The molecule has 0 bridgehead atoms. The van der Waals surface area contributed by atoms with Gasteiger partial charge >= 0.3 is 0 Å². The average Bonchev–Trinajstić information content (AvgIpc) is 2.12. The monoisotopic (exact) mass is 194 g/mol. The van der Waals surface area contributed by atoms with Crippen LogP contribution in [0.3, 0.4) is 0 Å². The largest absolute Gasteiger partial charge is 0.394 e. The molecule has 1 atom stereocenters. The Morgan fingerprint density at radius 1 is 1.15 bits per heavy atom. The summed E-state index contributed by atoms with van der Waals surface area (Å²) in [6, 6.07) is 0. The summed E-state index contributed by atoms with van der Waals surface area (Å²) in [5.41, 5.74) is 0. The molecule has 0 aromatic heterocycles. The molecule has 0 saturated carbocycles. The molecule has 82 valence electrons. The number of ether oxygens (including phenoxy) is 2. The van der Waals surface area contributed by atoms with Gasteiger partial charge in [-0.1, -0.05) is 0 Å². The van der Waals surface area contributed by atoms with Gasteiger partial charge in [-0.3, -0.25) is 0 Å². The van der Waals surface area contributed by atoms with Gasteiger partial charge < -0.3 is 19.7 Å². The Labute approximate surface area is 80.5 Å². The van der Waals surface area contributed by atoms with Crippen molar-refractivity contribution in [1.29, 1.82) is 0 Å². The minimum atomic E-state index is -0.319. The van der Waals surface area contributed by atoms with Crippen LogP contribution in [0.25, 0.3) is 0 Å². The topological polar surface area (TPSA) is 58.9 Å². The lowest BCUT2D eigenvalue weighted by atomic mass is 10.4. The third kappa shape index (κ3) is 24.5. The van der Waals surface area contributed by atoms with Crippen molar-refractivity contribution in [3.8, 4) is 0 Å². The predicted octanol–water partition coefficient (Wildman–Crippen LogP) is 0.419. The SMILES string of the molecule is CCOCC(C)O.CCOCCO. The first-order valence-electron chi connectivity index (χ1n) is 4.63. The summed E-state index contributed by atoms with van der Waals surface area (Å²) in [5.74, 6) is 0. The molecule has 0 fully saturated rings. The molecule has 0 radical (unpaired) electrons. The predicted molar refractivity (Wildman–Crippen MR) is 51.8 cm³/mol. The first-order chi connectivity index (χ1) is 6.18. The fourth-order valence-electron chi connectivity index (χ4n) is 0.497. The minimum absolute atomic E-state index is 0.133. The highest BCUT2D eigenvalue weighted by atomic mass is 16.5. The molecular weight excluding hydrogens is 172 g/mol. The second-order valence-electron chi connectivity index (χ2n) is 2.43. The first kappa shape index (κ1) is 15.3. The quantitative estimate of drug-likeness (QED) is 0.602. The molecule has 0 amide bonds. The highest BCUT2D eigenvalue weighted by Gasteiger charge is 1.90. The zero-order valence-electron chi connectivity index (χ0n) is 8.82. The molecule has 4 heteroatoms. The molecule has 0 rings (SSSR count). The molecule has 0 heterocycles. The molecule has 4 nitrogen and oxygen atoms in total. The smallest absolute Gasteiger partial charge is 0.0745 e. The molecule has 0 spiro atoms. The highest BCUT2D eigenvalue weighted by molar-refractivity contribution is 4.38. The molecule has 0 aromatic carbocycles. The number of hydrogen-bond acceptors (Lipinski definition) is 4. The summed E-state index contributed by atoms with van der Waals surface area (Å²) in [6.07, 6.45) is -0.319. The van der Waals surface area contributed by atoms with Gasteiger partial charge in [0, 0.05) is 13.2 Å². The second-order valence-corrected chi connectivity index (χ2v) is 2.43. The number of hydrogen-bond donors (Lipinski definition) is 2. The van der Waals surface area contributed by atoms with Gasteiger partial charge in [0.2, 0.25) is 0 Å². The maximum atomic E-state index is 8.56. The molecule has 0 aliphatic heterocycles. The van der Waals surface area contributed by atoms with Crippen molar-refractivity contribution < 1.29 is 19.7 Å². The van der Waals surface area contributed by atoms with Crippen molar-refractivity contribution in [2.75, 3.05) is 33.0 Å². The van der Waals surface area contributed by atoms with E-state index in [9.17, 15) is 0 Å². The van der Waals surface area contributed by atoms with E-state index in [1.807, 2.05) is 13.8 Å². The van der Waals surface area contributed by atoms with Gasteiger partial charge in [0.15, 0.2) is 0 Å². The summed E-state index contributed by atoms with van der Waals surface area (Å²) in [6.45, 7) is 7.94. The summed E-state index contributed by atoms with van der Waals surface area (Å²) < 4.78 is 9.58. The van der Waals surface area contributed by atoms with Crippen LogP contribution in [0.1, 0.15) is 20.8 Å². The van der Waals surface area contributed by atoms with Gasteiger partial charge in [0.25, 0.3) is 0 Å². The molecule has 1 unspecified atom stereocenters. The Balaban J connectivity index is 0. The zero-order chi connectivity index (χ0) is 10.5. The van der Waals surface area contributed by atoms with Gasteiger partial charge in [-0.25, -0.2) is 0 Å². The van der Waals surface area contributed by atoms with Crippen LogP contribution in [0.5, 0.6) is 0 Å². The van der Waals surface area contributed by atoms with Gasteiger partial charge in [-0.15, -0.1) is 0 Å². The Kier molecular flexibility index (Phi) is 16.9. The Morgan fingerprint density at radius 3 is 1.85 bits per heavy atom. The standard InChI is InChI=1S/C5H12O2.C4H10O2/c1-3-7-4-5(2)6;1-2-6-4-3-5/h5-6H,3-4H2,1-2H3;5H,2-4H2,1H3. The normalized spacial score (nSPS) is 11.8. The van der Waals surface area contributed by atoms with Crippen LogP contribution >= 0.6 is 0 Å². The van der Waals surface area contributed by atoms with E-state index in [2.05, 4.69) is 0 Å². The Bertz CT molecular complexity index is 72.0. The number of rotatable bonds is 6. The maximum absolute atomic E-state index is 8.56. The van der Waals surface area contributed by atoms with Crippen molar-refractivity contribution >= 4 is 0 Å². The van der Waals surface area contributed by atoms with Crippen molar-refractivity contribution in [1.82, 2.24) is 0 Å². The van der Waals surface area contributed by atoms with Crippen LogP contribution in [0.2, 0.25) is 0 Å². The van der Waals surface area contributed by atoms with Crippen LogP contribution in [-0.2, 0) is 9.47 Å². The molecule has 0 saturated heterocycles. The van der Waals surface area contributed by atoms with E-state index in [0.717, 1.165) is 0 Å². The number of aliphatic hydroxyl groups is 2. The van der Waals surface area contributed by atoms with E-state index in [0.29, 0.717) is 26.4 Å². The molecule has 0 aliphatic carbocycles. The van der Waals surface area contributed by atoms with Gasteiger partial charge in [0.1, 0.15) is 0 Å². The summed E-state index contributed by atoms with van der Waals surface area (Å²) in [4.78, 5) is 0. The lowest BCUT2D eigenvalue weighted by molar-refractivity contribution is 0.0527. The molecule has 0 aromatic rings. The van der Waals surface area contributed by atoms with E-state index in [4.69, 9.17) is 19.7 Å². The lowest BCUT2D eigenvalue weighted by Crippen LogP contribution is -2.09. The Morgan fingerprint density at radius 2 is 1.69 bits per heavy atom. The third-order valence-corrected chi connectivity index (χ3v) is 1.00. The summed E-state index contributed by atoms with van der Waals surface area (Å²) in [5, 5.41) is 16.6. The van der Waals surface area contributed by atoms with Crippen LogP contribution in [-0.4, -0.2) is 49.4 Å². The minimum Gasteiger partial charge on any atom is -0.394 e. The van der Waals surface area contributed by atoms with Gasteiger partial charge in [-0.05, 0) is 20.8 Å². The van der Waals surface area contributed by atoms with Crippen LogP contribution in [0.15, 0.2) is 0 Å². The van der Waals surface area contributed by atoms with E-state index in [-0.39, 0.29) is 12.7 Å². The molecule has 2 N–H and O–H groups in total. The fourth-order valence-corrected chi connectivity index (χ4v) is 0.497. The van der Waals surface area contributed by atoms with E-state index >= 15 is 0 Å².